The van der Waals surface area contributed by atoms with Gasteiger partial charge in [-0.25, -0.2) is 0 Å². The number of hydrogen-bond acceptors (Lipinski definition) is 5. The number of hydrogen-bond donors (Lipinski definition) is 1. The fraction of sp³-hybridized carbons (Fsp3) is 0.167. The summed E-state index contributed by atoms with van der Waals surface area (Å²) in [6.07, 6.45) is 1.82. The van der Waals surface area contributed by atoms with Gasteiger partial charge in [-0.15, -0.1) is 23.5 Å². The second-order valence-electron chi connectivity index (χ2n) is 6.65. The number of aliphatic hydroxyl groups is 1. The lowest BCUT2D eigenvalue weighted by Gasteiger charge is -2.37. The van der Waals surface area contributed by atoms with Crippen LogP contribution in [0.4, 0.5) is 0 Å². The van der Waals surface area contributed by atoms with Crippen molar-refractivity contribution in [2.75, 3.05) is 13.7 Å². The lowest BCUT2D eigenvalue weighted by molar-refractivity contribution is 0.107. The Morgan fingerprint density at radius 3 is 2.03 bits per heavy atom. The van der Waals surface area contributed by atoms with E-state index in [9.17, 15) is 5.11 Å². The molecule has 0 aromatic heterocycles. The maximum absolute atomic E-state index is 10.0. The van der Waals surface area contributed by atoms with Gasteiger partial charge in [0.05, 0.1) is 7.11 Å². The third-order valence-electron chi connectivity index (χ3n) is 4.74. The van der Waals surface area contributed by atoms with Crippen molar-refractivity contribution in [1.82, 2.24) is 0 Å². The van der Waals surface area contributed by atoms with Crippen LogP contribution in [0, 0.1) is 5.92 Å². The van der Waals surface area contributed by atoms with E-state index in [0.29, 0.717) is 6.61 Å². The van der Waals surface area contributed by atoms with Crippen LogP contribution in [0.1, 0.15) is 5.56 Å². The molecule has 148 valence electrons. The van der Waals surface area contributed by atoms with Gasteiger partial charge >= 0.3 is 0 Å². The Hall–Kier alpha value is -2.50. The average molecular weight is 423 g/mol. The molecule has 0 saturated heterocycles. The molecule has 0 bridgehead atoms. The van der Waals surface area contributed by atoms with Crippen molar-refractivity contribution in [3.8, 4) is 5.75 Å². The molecule has 1 aliphatic heterocycles. The SMILES string of the molecule is COc1cccc(C(Sc2ccccc2)(Sc2ccccc2)C2C=C(O)OC2)c1. The van der Waals surface area contributed by atoms with E-state index in [1.807, 2.05) is 54.6 Å². The van der Waals surface area contributed by atoms with E-state index in [0.717, 1.165) is 21.1 Å². The Morgan fingerprint density at radius 2 is 1.52 bits per heavy atom. The summed E-state index contributed by atoms with van der Waals surface area (Å²) in [5, 5.41) is 10.0. The highest BCUT2D eigenvalue weighted by atomic mass is 32.2. The Balaban J connectivity index is 1.87. The van der Waals surface area contributed by atoms with Crippen LogP contribution >= 0.6 is 23.5 Å². The lowest BCUT2D eigenvalue weighted by Crippen LogP contribution is -2.29. The number of ether oxygens (including phenoxy) is 2. The maximum atomic E-state index is 10.0. The van der Waals surface area contributed by atoms with Gasteiger partial charge in [-0.05, 0) is 42.0 Å². The van der Waals surface area contributed by atoms with Crippen LogP contribution in [0.15, 0.2) is 107 Å². The summed E-state index contributed by atoms with van der Waals surface area (Å²) in [6, 6.07) is 28.9. The Bertz CT molecular complexity index is 932. The zero-order valence-electron chi connectivity index (χ0n) is 16.0. The third-order valence-corrected chi connectivity index (χ3v) is 7.94. The molecule has 0 saturated carbocycles. The van der Waals surface area contributed by atoms with Crippen LogP contribution in [0.3, 0.4) is 0 Å². The van der Waals surface area contributed by atoms with Crippen molar-refractivity contribution in [3.05, 3.63) is 103 Å². The molecule has 3 nitrogen and oxygen atoms in total. The van der Waals surface area contributed by atoms with Gasteiger partial charge in [0.2, 0.25) is 0 Å². The molecular formula is C24H22O3S2. The number of aliphatic hydroxyl groups excluding tert-OH is 1. The number of benzene rings is 3. The first-order valence-corrected chi connectivity index (χ1v) is 11.0. The summed E-state index contributed by atoms with van der Waals surface area (Å²) in [7, 11) is 1.68. The fourth-order valence-corrected chi connectivity index (χ4v) is 6.43. The number of methoxy groups -OCH3 is 1. The van der Waals surface area contributed by atoms with E-state index >= 15 is 0 Å². The van der Waals surface area contributed by atoms with E-state index in [2.05, 4.69) is 36.4 Å². The Morgan fingerprint density at radius 1 is 0.897 bits per heavy atom. The van der Waals surface area contributed by atoms with Crippen molar-refractivity contribution < 1.29 is 14.6 Å². The zero-order chi connectivity index (χ0) is 20.1. The fourth-order valence-electron chi connectivity index (χ4n) is 3.33. The third kappa shape index (κ3) is 4.41. The first kappa shape index (κ1) is 19.8. The smallest absolute Gasteiger partial charge is 0.272 e. The molecule has 1 atom stereocenters. The largest absolute Gasteiger partial charge is 0.497 e. The van der Waals surface area contributed by atoms with E-state index in [4.69, 9.17) is 9.47 Å². The molecule has 0 amide bonds. The Kier molecular flexibility index (Phi) is 6.07. The zero-order valence-corrected chi connectivity index (χ0v) is 17.7. The van der Waals surface area contributed by atoms with Gasteiger partial charge in [0.25, 0.3) is 5.95 Å². The molecule has 1 unspecified atom stereocenters. The molecule has 3 aromatic carbocycles. The summed E-state index contributed by atoms with van der Waals surface area (Å²) >= 11 is 3.55. The molecule has 0 radical (unpaired) electrons. The summed E-state index contributed by atoms with van der Waals surface area (Å²) < 4.78 is 10.5. The highest BCUT2D eigenvalue weighted by molar-refractivity contribution is 8.17. The molecule has 1 N–H and O–H groups in total. The topological polar surface area (TPSA) is 38.7 Å². The van der Waals surface area contributed by atoms with E-state index < -0.39 is 4.08 Å². The molecule has 0 aliphatic carbocycles. The van der Waals surface area contributed by atoms with Gasteiger partial charge in [-0.2, -0.15) is 0 Å². The van der Waals surface area contributed by atoms with Crippen molar-refractivity contribution in [2.45, 2.75) is 13.9 Å². The van der Waals surface area contributed by atoms with Crippen LogP contribution in [-0.2, 0) is 8.82 Å². The van der Waals surface area contributed by atoms with Crippen molar-refractivity contribution in [2.24, 2.45) is 5.92 Å². The minimum Gasteiger partial charge on any atom is -0.497 e. The Labute approximate surface area is 179 Å². The molecule has 1 aliphatic rings. The minimum absolute atomic E-state index is 0.00963. The molecule has 1 heterocycles. The first-order valence-electron chi connectivity index (χ1n) is 9.36. The normalized spacial score (nSPS) is 16.2. The molecule has 0 fully saturated rings. The average Bonchev–Trinajstić information content (AvgIpc) is 3.21. The quantitative estimate of drug-likeness (QED) is 0.348. The minimum atomic E-state index is -0.457. The van der Waals surface area contributed by atoms with Crippen LogP contribution in [0.5, 0.6) is 5.75 Å². The summed E-state index contributed by atoms with van der Waals surface area (Å²) in [5.41, 5.74) is 1.11. The number of thioether (sulfide) groups is 2. The maximum Gasteiger partial charge on any atom is 0.272 e. The second kappa shape index (κ2) is 8.89. The van der Waals surface area contributed by atoms with Crippen LogP contribution in [-0.4, -0.2) is 18.8 Å². The van der Waals surface area contributed by atoms with E-state index in [-0.39, 0.29) is 11.9 Å². The monoisotopic (exact) mass is 422 g/mol. The van der Waals surface area contributed by atoms with Crippen molar-refractivity contribution in [3.63, 3.8) is 0 Å². The highest BCUT2D eigenvalue weighted by Crippen LogP contribution is 2.59. The number of rotatable bonds is 7. The molecule has 29 heavy (non-hydrogen) atoms. The van der Waals surface area contributed by atoms with Gasteiger partial charge in [-0.1, -0.05) is 48.5 Å². The molecule has 0 spiro atoms. The summed E-state index contributed by atoms with van der Waals surface area (Å²) in [5.74, 6) is 0.760. The van der Waals surface area contributed by atoms with Gasteiger partial charge in [0, 0.05) is 21.8 Å². The molecule has 3 aromatic rings. The summed E-state index contributed by atoms with van der Waals surface area (Å²) in [4.78, 5) is 2.30. The van der Waals surface area contributed by atoms with Crippen LogP contribution in [0.25, 0.3) is 0 Å². The van der Waals surface area contributed by atoms with Crippen molar-refractivity contribution >= 4 is 23.5 Å². The van der Waals surface area contributed by atoms with Crippen LogP contribution < -0.4 is 4.74 Å². The molecule has 5 heteroatoms. The second-order valence-corrected chi connectivity index (χ2v) is 9.55. The van der Waals surface area contributed by atoms with Gasteiger partial charge in [0.15, 0.2) is 0 Å². The molecular weight excluding hydrogens is 400 g/mol. The predicted octanol–water partition coefficient (Wildman–Crippen LogP) is 6.48. The van der Waals surface area contributed by atoms with Crippen LogP contribution in [0.2, 0.25) is 0 Å². The predicted molar refractivity (Wildman–Crippen MR) is 119 cm³/mol. The van der Waals surface area contributed by atoms with E-state index in [1.165, 1.54) is 0 Å². The van der Waals surface area contributed by atoms with Gasteiger partial charge in [0.1, 0.15) is 16.4 Å². The summed E-state index contributed by atoms with van der Waals surface area (Å²) in [6.45, 7) is 0.419. The lowest BCUT2D eigenvalue weighted by atomic mass is 9.99. The highest BCUT2D eigenvalue weighted by Gasteiger charge is 2.45. The van der Waals surface area contributed by atoms with Gasteiger partial charge < -0.3 is 14.6 Å². The van der Waals surface area contributed by atoms with Crippen molar-refractivity contribution in [1.29, 1.82) is 0 Å². The molecule has 4 rings (SSSR count). The van der Waals surface area contributed by atoms with E-state index in [1.54, 1.807) is 30.6 Å². The first-order chi connectivity index (χ1) is 14.2. The standard InChI is InChI=1S/C24H22O3S2/c1-26-20-10-8-9-18(15-20)24(19-16-23(25)27-17-19,28-21-11-4-2-5-12-21)29-22-13-6-3-7-14-22/h2-16,19,25H,17H2,1H3. The van der Waals surface area contributed by atoms with Gasteiger partial charge in [-0.3, -0.25) is 0 Å².